The molecule has 4 aromatic rings. The molecular formula is C25H21N5O4. The van der Waals surface area contributed by atoms with Crippen molar-refractivity contribution in [3.8, 4) is 5.75 Å². The number of methoxy groups -OCH3 is 1. The van der Waals surface area contributed by atoms with Crippen molar-refractivity contribution >= 4 is 34.3 Å². The van der Waals surface area contributed by atoms with Crippen molar-refractivity contribution < 1.29 is 14.5 Å². The molecule has 0 bridgehead atoms. The minimum Gasteiger partial charge on any atom is -0.497 e. The quantitative estimate of drug-likeness (QED) is 0.328. The van der Waals surface area contributed by atoms with Gasteiger partial charge >= 0.3 is 0 Å². The molecule has 5 rings (SSSR count). The molecule has 1 atom stereocenters. The van der Waals surface area contributed by atoms with Gasteiger partial charge in [0.15, 0.2) is 0 Å². The van der Waals surface area contributed by atoms with Crippen LogP contribution in [-0.4, -0.2) is 27.5 Å². The van der Waals surface area contributed by atoms with Crippen LogP contribution in [0.3, 0.4) is 0 Å². The van der Waals surface area contributed by atoms with Crippen molar-refractivity contribution in [3.63, 3.8) is 0 Å². The number of nitro groups is 1. The van der Waals surface area contributed by atoms with Gasteiger partial charge in [-0.3, -0.25) is 19.5 Å². The number of hydrogen-bond acceptors (Lipinski definition) is 6. The lowest BCUT2D eigenvalue weighted by Crippen LogP contribution is -2.30. The molecular weight excluding hydrogens is 434 g/mol. The number of anilines is 2. The first-order chi connectivity index (χ1) is 16.5. The predicted molar refractivity (Wildman–Crippen MR) is 129 cm³/mol. The van der Waals surface area contributed by atoms with E-state index in [1.807, 2.05) is 35.8 Å². The van der Waals surface area contributed by atoms with Crippen molar-refractivity contribution in [2.45, 2.75) is 13.0 Å². The summed E-state index contributed by atoms with van der Waals surface area (Å²) < 4.78 is 7.14. The van der Waals surface area contributed by atoms with Crippen molar-refractivity contribution in [3.05, 3.63) is 99.7 Å². The van der Waals surface area contributed by atoms with Crippen LogP contribution in [0.25, 0.3) is 11.0 Å². The van der Waals surface area contributed by atoms with Gasteiger partial charge in [-0.2, -0.15) is 0 Å². The maximum absolute atomic E-state index is 13.6. The lowest BCUT2D eigenvalue weighted by atomic mass is 9.94. The van der Waals surface area contributed by atoms with Gasteiger partial charge in [0, 0.05) is 23.5 Å². The molecule has 0 saturated carbocycles. The number of hydrogen-bond donors (Lipinski definition) is 2. The number of para-hydroxylation sites is 2. The van der Waals surface area contributed by atoms with E-state index in [-0.39, 0.29) is 11.6 Å². The van der Waals surface area contributed by atoms with Gasteiger partial charge in [-0.15, -0.1) is 0 Å². The zero-order valence-electron chi connectivity index (χ0n) is 18.5. The second kappa shape index (κ2) is 8.36. The number of amides is 1. The third kappa shape index (κ3) is 3.62. The Bertz CT molecular complexity index is 1440. The zero-order valence-corrected chi connectivity index (χ0v) is 18.5. The molecule has 2 heterocycles. The van der Waals surface area contributed by atoms with Crippen molar-refractivity contribution in [1.29, 1.82) is 0 Å². The van der Waals surface area contributed by atoms with Crippen molar-refractivity contribution in [2.24, 2.45) is 0 Å². The van der Waals surface area contributed by atoms with Gasteiger partial charge in [-0.25, -0.2) is 4.98 Å². The number of non-ortho nitro benzene ring substituents is 1. The van der Waals surface area contributed by atoms with E-state index in [0.717, 1.165) is 16.6 Å². The summed E-state index contributed by atoms with van der Waals surface area (Å²) in [6, 6.07) is 20.4. The highest BCUT2D eigenvalue weighted by Gasteiger charge is 2.34. The molecule has 170 valence electrons. The molecule has 0 spiro atoms. The maximum Gasteiger partial charge on any atom is 0.269 e. The highest BCUT2D eigenvalue weighted by molar-refractivity contribution is 6.06. The lowest BCUT2D eigenvalue weighted by Gasteiger charge is -2.30. The van der Waals surface area contributed by atoms with E-state index in [1.54, 1.807) is 43.5 Å². The van der Waals surface area contributed by atoms with E-state index in [4.69, 9.17) is 4.74 Å². The number of carbonyl (C=O) groups is 1. The zero-order chi connectivity index (χ0) is 23.8. The minimum atomic E-state index is -0.539. The molecule has 9 nitrogen and oxygen atoms in total. The topological polar surface area (TPSA) is 111 Å². The Kier molecular flexibility index (Phi) is 5.21. The molecule has 34 heavy (non-hydrogen) atoms. The number of benzene rings is 3. The number of ether oxygens (including phenoxy) is 1. The first-order valence-electron chi connectivity index (χ1n) is 10.6. The smallest absolute Gasteiger partial charge is 0.269 e. The number of allylic oxidation sites excluding steroid dienone is 1. The first-order valence-corrected chi connectivity index (χ1v) is 10.6. The summed E-state index contributed by atoms with van der Waals surface area (Å²) in [6.45, 7) is 1.82. The Balaban J connectivity index is 1.62. The fourth-order valence-corrected chi connectivity index (χ4v) is 4.22. The van der Waals surface area contributed by atoms with Crippen LogP contribution in [0.2, 0.25) is 0 Å². The number of aromatic nitrogens is 2. The number of nitro benzene ring substituents is 1. The fourth-order valence-electron chi connectivity index (χ4n) is 4.22. The molecule has 1 amide bonds. The van der Waals surface area contributed by atoms with Crippen LogP contribution in [0.4, 0.5) is 17.3 Å². The molecule has 1 aromatic heterocycles. The SMILES string of the molecule is COc1ccc(NC(=O)C2=C(C)Nc3nc4ccccc4n3C2c2ccc([N+](=O)[O-])cc2)cc1. The van der Waals surface area contributed by atoms with E-state index >= 15 is 0 Å². The van der Waals surface area contributed by atoms with Crippen LogP contribution < -0.4 is 15.4 Å². The van der Waals surface area contributed by atoms with Crippen LogP contribution in [0.15, 0.2) is 84.1 Å². The summed E-state index contributed by atoms with van der Waals surface area (Å²) in [5.74, 6) is 0.996. The third-order valence-electron chi connectivity index (χ3n) is 5.84. The molecule has 0 radical (unpaired) electrons. The molecule has 0 aliphatic carbocycles. The maximum atomic E-state index is 13.6. The number of rotatable bonds is 5. The summed E-state index contributed by atoms with van der Waals surface area (Å²) in [4.78, 5) is 29.0. The van der Waals surface area contributed by atoms with Crippen LogP contribution in [0.1, 0.15) is 18.5 Å². The number of fused-ring (bicyclic) bond motifs is 3. The molecule has 2 N–H and O–H groups in total. The molecule has 9 heteroatoms. The monoisotopic (exact) mass is 455 g/mol. The van der Waals surface area contributed by atoms with Gasteiger partial charge in [0.25, 0.3) is 11.6 Å². The minimum absolute atomic E-state index is 0.0154. The highest BCUT2D eigenvalue weighted by atomic mass is 16.6. The largest absolute Gasteiger partial charge is 0.497 e. The van der Waals surface area contributed by atoms with Gasteiger partial charge in [-0.05, 0) is 61.0 Å². The summed E-state index contributed by atoms with van der Waals surface area (Å²) in [6.07, 6.45) is 0. The standard InChI is InChI=1S/C25H21N5O4/c1-15-22(24(31)27-17-9-13-19(34-2)14-10-17)23(16-7-11-18(12-8-16)30(32)33)29-21-6-4-3-5-20(21)28-25(29)26-15/h3-14,23H,1-2H3,(H,26,28)(H,27,31). The summed E-state index contributed by atoms with van der Waals surface area (Å²) in [5.41, 5.74) is 4.10. The second-order valence-electron chi connectivity index (χ2n) is 7.89. The third-order valence-corrected chi connectivity index (χ3v) is 5.84. The normalized spacial score (nSPS) is 14.9. The number of imidazole rings is 1. The van der Waals surface area contributed by atoms with E-state index < -0.39 is 11.0 Å². The molecule has 3 aromatic carbocycles. The number of nitrogens with zero attached hydrogens (tertiary/aromatic N) is 3. The Morgan fingerprint density at radius 2 is 1.79 bits per heavy atom. The van der Waals surface area contributed by atoms with Gasteiger partial charge in [0.05, 0.1) is 34.7 Å². The Morgan fingerprint density at radius 3 is 2.47 bits per heavy atom. The van der Waals surface area contributed by atoms with Crippen LogP contribution in [0, 0.1) is 10.1 Å². The number of nitrogens with one attached hydrogen (secondary N) is 2. The molecule has 0 saturated heterocycles. The fraction of sp³-hybridized carbons (Fsp3) is 0.120. The number of carbonyl (C=O) groups excluding carboxylic acids is 1. The van der Waals surface area contributed by atoms with Gasteiger partial charge in [0.1, 0.15) is 5.75 Å². The van der Waals surface area contributed by atoms with E-state index in [9.17, 15) is 14.9 Å². The van der Waals surface area contributed by atoms with Gasteiger partial charge < -0.3 is 15.4 Å². The molecule has 1 aliphatic rings. The first kappa shape index (κ1) is 21.2. The summed E-state index contributed by atoms with van der Waals surface area (Å²) in [7, 11) is 1.58. The van der Waals surface area contributed by atoms with Crippen LogP contribution in [-0.2, 0) is 4.79 Å². The van der Waals surface area contributed by atoms with Crippen molar-refractivity contribution in [2.75, 3.05) is 17.7 Å². The summed E-state index contributed by atoms with van der Waals surface area (Å²) >= 11 is 0. The average Bonchev–Trinajstić information content (AvgIpc) is 3.21. The predicted octanol–water partition coefficient (Wildman–Crippen LogP) is 4.88. The Morgan fingerprint density at radius 1 is 1.09 bits per heavy atom. The van der Waals surface area contributed by atoms with Gasteiger partial charge in [0.2, 0.25) is 5.95 Å². The van der Waals surface area contributed by atoms with Crippen LogP contribution in [0.5, 0.6) is 5.75 Å². The van der Waals surface area contributed by atoms with Crippen LogP contribution >= 0.6 is 0 Å². The van der Waals surface area contributed by atoms with E-state index in [2.05, 4.69) is 15.6 Å². The van der Waals surface area contributed by atoms with Crippen molar-refractivity contribution in [1.82, 2.24) is 9.55 Å². The molecule has 1 aliphatic heterocycles. The Labute approximate surface area is 194 Å². The lowest BCUT2D eigenvalue weighted by molar-refractivity contribution is -0.384. The second-order valence-corrected chi connectivity index (χ2v) is 7.89. The average molecular weight is 455 g/mol. The highest BCUT2D eigenvalue weighted by Crippen LogP contribution is 2.39. The Hall–Kier alpha value is -4.66. The van der Waals surface area contributed by atoms with E-state index in [0.29, 0.717) is 28.7 Å². The van der Waals surface area contributed by atoms with E-state index in [1.165, 1.54) is 12.1 Å². The molecule has 1 unspecified atom stereocenters. The van der Waals surface area contributed by atoms with Gasteiger partial charge in [-0.1, -0.05) is 12.1 Å². The summed E-state index contributed by atoms with van der Waals surface area (Å²) in [5, 5.41) is 17.4. The molecule has 0 fully saturated rings.